The van der Waals surface area contributed by atoms with Crippen LogP contribution in [0.4, 0.5) is 4.79 Å². The molecule has 0 radical (unpaired) electrons. The van der Waals surface area contributed by atoms with Gasteiger partial charge in [0.25, 0.3) is 0 Å². The van der Waals surface area contributed by atoms with Crippen molar-refractivity contribution in [3.63, 3.8) is 0 Å². The number of ether oxygens (including phenoxy) is 3. The van der Waals surface area contributed by atoms with Crippen LogP contribution in [0.2, 0.25) is 0 Å². The van der Waals surface area contributed by atoms with Crippen molar-refractivity contribution in [2.24, 2.45) is 5.92 Å². The molecule has 0 spiro atoms. The van der Waals surface area contributed by atoms with E-state index >= 15 is 0 Å². The Kier molecular flexibility index (Phi) is 12.3. The average Bonchev–Trinajstić information content (AvgIpc) is 2.84. The van der Waals surface area contributed by atoms with Crippen LogP contribution < -0.4 is 10.1 Å². The number of halogens is 1. The maximum absolute atomic E-state index is 12.8. The number of esters is 1. The maximum atomic E-state index is 12.8. The number of amides is 1. The van der Waals surface area contributed by atoms with Crippen LogP contribution in [0, 0.1) is 5.92 Å². The molecule has 0 fully saturated rings. The number of nitrogens with one attached hydrogen (secondary N) is 1. The molecule has 0 unspecified atom stereocenters. The molecule has 0 aromatic heterocycles. The summed E-state index contributed by atoms with van der Waals surface area (Å²) < 4.78 is 16.6. The van der Waals surface area contributed by atoms with Crippen LogP contribution in [-0.2, 0) is 27.1 Å². The molecule has 2 aromatic carbocycles. The molecule has 2 aromatic rings. The summed E-state index contributed by atoms with van der Waals surface area (Å²) in [6.07, 6.45) is 2.40. The van der Waals surface area contributed by atoms with Gasteiger partial charge in [-0.2, -0.15) is 0 Å². The summed E-state index contributed by atoms with van der Waals surface area (Å²) in [5.74, 6) is 1.23. The highest BCUT2D eigenvalue weighted by atomic mass is 35.5. The summed E-state index contributed by atoms with van der Waals surface area (Å²) >= 11 is 5.74. The van der Waals surface area contributed by atoms with Crippen molar-refractivity contribution in [3.05, 3.63) is 53.6 Å². The van der Waals surface area contributed by atoms with Crippen LogP contribution in [-0.4, -0.2) is 42.8 Å². The van der Waals surface area contributed by atoms with Crippen LogP contribution in [0.3, 0.4) is 0 Å². The molecular weight excluding hydrogens is 490 g/mol. The highest BCUT2D eigenvalue weighted by molar-refractivity contribution is 6.17. The van der Waals surface area contributed by atoms with E-state index in [2.05, 4.69) is 24.4 Å². The molecule has 204 valence electrons. The lowest BCUT2D eigenvalue weighted by molar-refractivity contribution is -0.147. The van der Waals surface area contributed by atoms with Crippen molar-refractivity contribution >= 4 is 23.7 Å². The number of rotatable bonds is 13. The largest absolute Gasteiger partial charge is 0.494 e. The second-order valence-electron chi connectivity index (χ2n) is 10.5. The van der Waals surface area contributed by atoms with Gasteiger partial charge in [0.15, 0.2) is 0 Å². The van der Waals surface area contributed by atoms with E-state index in [1.807, 2.05) is 44.2 Å². The van der Waals surface area contributed by atoms with Gasteiger partial charge in [-0.1, -0.05) is 51.1 Å². The number of benzene rings is 2. The van der Waals surface area contributed by atoms with Crippen LogP contribution in [0.1, 0.15) is 65.5 Å². The second kappa shape index (κ2) is 14.9. The first-order chi connectivity index (χ1) is 17.5. The smallest absolute Gasteiger partial charge is 0.408 e. The van der Waals surface area contributed by atoms with E-state index in [1.165, 1.54) is 5.56 Å². The van der Waals surface area contributed by atoms with E-state index in [4.69, 9.17) is 25.8 Å². The van der Waals surface area contributed by atoms with Crippen molar-refractivity contribution in [1.82, 2.24) is 5.32 Å². The third kappa shape index (κ3) is 11.0. The SMILES string of the molecule is CCc1cc(OCCCCCl)ccc1-c1ccc(C[C@H](NC(=O)OC(C)(C)C)C(=O)OCC(C)C)cc1. The van der Waals surface area contributed by atoms with E-state index < -0.39 is 23.7 Å². The lowest BCUT2D eigenvalue weighted by Crippen LogP contribution is -2.45. The Labute approximate surface area is 227 Å². The normalized spacial score (nSPS) is 12.2. The zero-order valence-electron chi connectivity index (χ0n) is 23.1. The number of alkyl carbamates (subject to hydrolysis) is 1. The highest BCUT2D eigenvalue weighted by Crippen LogP contribution is 2.28. The second-order valence-corrected chi connectivity index (χ2v) is 10.9. The number of hydrogen-bond donors (Lipinski definition) is 1. The Hall–Kier alpha value is -2.73. The van der Waals surface area contributed by atoms with Crippen LogP contribution >= 0.6 is 11.6 Å². The fourth-order valence-corrected chi connectivity index (χ4v) is 3.86. The fourth-order valence-electron chi connectivity index (χ4n) is 3.67. The van der Waals surface area contributed by atoms with Crippen molar-refractivity contribution in [2.45, 2.75) is 78.9 Å². The average molecular weight is 532 g/mol. The first kappa shape index (κ1) is 30.5. The van der Waals surface area contributed by atoms with Gasteiger partial charge >= 0.3 is 12.1 Å². The predicted molar refractivity (Wildman–Crippen MR) is 149 cm³/mol. The number of aryl methyl sites for hydroxylation is 1. The standard InChI is InChI=1S/C30H42ClNO5/c1-7-23-19-25(35-17-9-8-16-31)14-15-26(23)24-12-10-22(11-13-24)18-27(28(33)36-20-21(2)3)32-29(34)37-30(4,5)6/h10-15,19,21,27H,7-9,16-18,20H2,1-6H3,(H,32,34)/t27-/m0/s1. The number of unbranched alkanes of at least 4 members (excludes halogenated alkanes) is 1. The van der Waals surface area contributed by atoms with Crippen LogP contribution in [0.15, 0.2) is 42.5 Å². The van der Waals surface area contributed by atoms with Gasteiger partial charge in [0.2, 0.25) is 0 Å². The van der Waals surface area contributed by atoms with Gasteiger partial charge in [-0.3, -0.25) is 0 Å². The van der Waals surface area contributed by atoms with E-state index in [9.17, 15) is 9.59 Å². The van der Waals surface area contributed by atoms with Crippen molar-refractivity contribution < 1.29 is 23.8 Å². The topological polar surface area (TPSA) is 73.9 Å². The Morgan fingerprint density at radius 2 is 1.73 bits per heavy atom. The van der Waals surface area contributed by atoms with Gasteiger partial charge < -0.3 is 19.5 Å². The third-order valence-electron chi connectivity index (χ3n) is 5.49. The number of alkyl halides is 1. The van der Waals surface area contributed by atoms with E-state index in [0.717, 1.165) is 41.7 Å². The Balaban J connectivity index is 2.15. The zero-order valence-corrected chi connectivity index (χ0v) is 23.8. The molecule has 0 heterocycles. The molecule has 1 atom stereocenters. The van der Waals surface area contributed by atoms with Crippen LogP contribution in [0.5, 0.6) is 5.75 Å². The lowest BCUT2D eigenvalue weighted by atomic mass is 9.96. The molecule has 1 amide bonds. The van der Waals surface area contributed by atoms with Crippen molar-refractivity contribution in [2.75, 3.05) is 19.1 Å². The molecule has 0 aliphatic heterocycles. The molecule has 0 aliphatic carbocycles. The molecule has 0 saturated carbocycles. The predicted octanol–water partition coefficient (Wildman–Crippen LogP) is 6.95. The van der Waals surface area contributed by atoms with E-state index in [0.29, 0.717) is 18.9 Å². The van der Waals surface area contributed by atoms with Gasteiger partial charge in [0.05, 0.1) is 13.2 Å². The van der Waals surface area contributed by atoms with Gasteiger partial charge in [0, 0.05) is 12.3 Å². The van der Waals surface area contributed by atoms with E-state index in [1.54, 1.807) is 20.8 Å². The highest BCUT2D eigenvalue weighted by Gasteiger charge is 2.26. The lowest BCUT2D eigenvalue weighted by Gasteiger charge is -2.23. The Bertz CT molecular complexity index is 998. The molecule has 1 N–H and O–H groups in total. The van der Waals surface area contributed by atoms with Gasteiger partial charge in [-0.05, 0) is 80.3 Å². The summed E-state index contributed by atoms with van der Waals surface area (Å²) in [6.45, 7) is 12.3. The Morgan fingerprint density at radius 3 is 2.32 bits per heavy atom. The summed E-state index contributed by atoms with van der Waals surface area (Å²) in [7, 11) is 0. The number of hydrogen-bond acceptors (Lipinski definition) is 5. The molecule has 0 aliphatic rings. The molecule has 0 saturated heterocycles. The molecule has 2 rings (SSSR count). The molecule has 37 heavy (non-hydrogen) atoms. The summed E-state index contributed by atoms with van der Waals surface area (Å²) in [5.41, 5.74) is 3.66. The van der Waals surface area contributed by atoms with Gasteiger partial charge in [-0.15, -0.1) is 11.6 Å². The molecule has 0 bridgehead atoms. The summed E-state index contributed by atoms with van der Waals surface area (Å²) in [5, 5.41) is 2.68. The minimum Gasteiger partial charge on any atom is -0.494 e. The number of carbonyl (C=O) groups is 2. The van der Waals surface area contributed by atoms with Crippen molar-refractivity contribution in [1.29, 1.82) is 0 Å². The monoisotopic (exact) mass is 531 g/mol. The summed E-state index contributed by atoms with van der Waals surface area (Å²) in [6, 6.07) is 13.4. The maximum Gasteiger partial charge on any atom is 0.408 e. The van der Waals surface area contributed by atoms with E-state index in [-0.39, 0.29) is 12.5 Å². The van der Waals surface area contributed by atoms with Crippen LogP contribution in [0.25, 0.3) is 11.1 Å². The molecular formula is C30H42ClNO5. The first-order valence-corrected chi connectivity index (χ1v) is 13.6. The third-order valence-corrected chi connectivity index (χ3v) is 5.76. The zero-order chi connectivity index (χ0) is 27.4. The minimum atomic E-state index is -0.846. The van der Waals surface area contributed by atoms with Crippen molar-refractivity contribution in [3.8, 4) is 16.9 Å². The summed E-state index contributed by atoms with van der Waals surface area (Å²) in [4.78, 5) is 25.1. The molecule has 7 heteroatoms. The minimum absolute atomic E-state index is 0.195. The number of carbonyl (C=O) groups excluding carboxylic acids is 2. The Morgan fingerprint density at radius 1 is 1.03 bits per heavy atom. The first-order valence-electron chi connectivity index (χ1n) is 13.1. The van der Waals surface area contributed by atoms with Gasteiger partial charge in [0.1, 0.15) is 17.4 Å². The fraction of sp³-hybridized carbons (Fsp3) is 0.533. The quantitative estimate of drug-likeness (QED) is 0.172. The van der Waals surface area contributed by atoms with Gasteiger partial charge in [-0.25, -0.2) is 9.59 Å². The molecule has 6 nitrogen and oxygen atoms in total.